The summed E-state index contributed by atoms with van der Waals surface area (Å²) in [6, 6.07) is 0. The number of allylic oxidation sites excluding steroid dienone is 2. The van der Waals surface area contributed by atoms with Gasteiger partial charge in [-0.1, -0.05) is 23.8 Å². The molecule has 2 unspecified atom stereocenters. The summed E-state index contributed by atoms with van der Waals surface area (Å²) in [5, 5.41) is 0. The molecule has 0 spiro atoms. The smallest absolute Gasteiger partial charge is 0.0137 e. The molecule has 0 aromatic heterocycles. The average molecular weight is 164 g/mol. The summed E-state index contributed by atoms with van der Waals surface area (Å²) in [6.07, 6.45) is 9.14. The summed E-state index contributed by atoms with van der Waals surface area (Å²) in [7, 11) is 0. The largest absolute Gasteiger partial charge is 0.330 e. The summed E-state index contributed by atoms with van der Waals surface area (Å²) in [4.78, 5) is 0. The van der Waals surface area contributed by atoms with E-state index in [1.165, 1.54) is 12.0 Å². The number of nitrogens with two attached hydrogens (primary N) is 2. The second-order valence-electron chi connectivity index (χ2n) is 4.00. The molecule has 0 saturated heterocycles. The normalized spacial score (nSPS) is 38.5. The van der Waals surface area contributed by atoms with Crippen LogP contribution in [0.5, 0.6) is 0 Å². The Morgan fingerprint density at radius 3 is 3.00 bits per heavy atom. The first-order valence-electron chi connectivity index (χ1n) is 4.57. The third-order valence-corrected chi connectivity index (χ3v) is 3.04. The number of hydrogen-bond donors (Lipinski definition) is 2. The van der Waals surface area contributed by atoms with E-state index in [0.717, 1.165) is 13.0 Å². The SMILES string of the molecule is NCC1=CC2C=CC(CN)(C1)C2. The lowest BCUT2D eigenvalue weighted by Crippen LogP contribution is -2.31. The van der Waals surface area contributed by atoms with Gasteiger partial charge in [0.1, 0.15) is 0 Å². The molecule has 2 rings (SSSR count). The van der Waals surface area contributed by atoms with E-state index in [1.807, 2.05) is 0 Å². The molecular formula is C10H16N2. The van der Waals surface area contributed by atoms with Crippen molar-refractivity contribution in [3.63, 3.8) is 0 Å². The highest BCUT2D eigenvalue weighted by atomic mass is 14.6. The van der Waals surface area contributed by atoms with Crippen molar-refractivity contribution in [3.8, 4) is 0 Å². The standard InChI is InChI=1S/C10H16N2/c11-6-9-3-8-1-2-10(4-8,5-9)7-12/h1-3,8H,4-7,11-12H2. The van der Waals surface area contributed by atoms with Gasteiger partial charge in [-0.15, -0.1) is 0 Å². The fourth-order valence-electron chi connectivity index (χ4n) is 2.36. The quantitative estimate of drug-likeness (QED) is 0.593. The first-order chi connectivity index (χ1) is 5.78. The molecule has 0 aromatic rings. The van der Waals surface area contributed by atoms with Gasteiger partial charge in [0.25, 0.3) is 0 Å². The van der Waals surface area contributed by atoms with E-state index >= 15 is 0 Å². The molecular weight excluding hydrogens is 148 g/mol. The Kier molecular flexibility index (Phi) is 1.81. The maximum Gasteiger partial charge on any atom is 0.0137 e. The minimum atomic E-state index is 0.258. The topological polar surface area (TPSA) is 52.0 Å². The van der Waals surface area contributed by atoms with Crippen molar-refractivity contribution in [2.45, 2.75) is 12.8 Å². The zero-order valence-electron chi connectivity index (χ0n) is 7.29. The number of hydrogen-bond acceptors (Lipinski definition) is 2. The van der Waals surface area contributed by atoms with Crippen LogP contribution in [0.1, 0.15) is 12.8 Å². The molecule has 2 nitrogen and oxygen atoms in total. The van der Waals surface area contributed by atoms with Gasteiger partial charge >= 0.3 is 0 Å². The zero-order valence-corrected chi connectivity index (χ0v) is 7.29. The van der Waals surface area contributed by atoms with Gasteiger partial charge in [0, 0.05) is 18.5 Å². The minimum Gasteiger partial charge on any atom is -0.330 e. The molecule has 2 aliphatic rings. The fraction of sp³-hybridized carbons (Fsp3) is 0.600. The highest BCUT2D eigenvalue weighted by Gasteiger charge is 2.36. The maximum atomic E-state index is 5.77. The molecule has 2 heteroatoms. The Morgan fingerprint density at radius 2 is 2.33 bits per heavy atom. The summed E-state index contributed by atoms with van der Waals surface area (Å²) in [5.74, 6) is 0.612. The summed E-state index contributed by atoms with van der Waals surface area (Å²) < 4.78 is 0. The molecule has 0 heterocycles. The Labute approximate surface area is 73.3 Å². The van der Waals surface area contributed by atoms with E-state index in [1.54, 1.807) is 0 Å². The van der Waals surface area contributed by atoms with Crippen LogP contribution >= 0.6 is 0 Å². The van der Waals surface area contributed by atoms with Crippen LogP contribution in [0, 0.1) is 11.3 Å². The van der Waals surface area contributed by atoms with E-state index in [2.05, 4.69) is 18.2 Å². The average Bonchev–Trinajstić information content (AvgIpc) is 2.43. The summed E-state index contributed by atoms with van der Waals surface area (Å²) in [5.41, 5.74) is 13.0. The van der Waals surface area contributed by atoms with Gasteiger partial charge in [0.2, 0.25) is 0 Å². The van der Waals surface area contributed by atoms with E-state index in [4.69, 9.17) is 11.5 Å². The van der Waals surface area contributed by atoms with Crippen molar-refractivity contribution in [3.05, 3.63) is 23.8 Å². The van der Waals surface area contributed by atoms with Crippen LogP contribution in [-0.4, -0.2) is 13.1 Å². The third-order valence-electron chi connectivity index (χ3n) is 3.04. The van der Waals surface area contributed by atoms with E-state index in [-0.39, 0.29) is 5.41 Å². The van der Waals surface area contributed by atoms with Crippen molar-refractivity contribution in [2.75, 3.05) is 13.1 Å². The fourth-order valence-corrected chi connectivity index (χ4v) is 2.36. The van der Waals surface area contributed by atoms with Crippen molar-refractivity contribution in [1.29, 1.82) is 0 Å². The van der Waals surface area contributed by atoms with E-state index < -0.39 is 0 Å². The Morgan fingerprint density at radius 1 is 1.50 bits per heavy atom. The van der Waals surface area contributed by atoms with Gasteiger partial charge in [-0.2, -0.15) is 0 Å². The lowest BCUT2D eigenvalue weighted by molar-refractivity contribution is 0.342. The summed E-state index contributed by atoms with van der Waals surface area (Å²) >= 11 is 0. The van der Waals surface area contributed by atoms with Crippen LogP contribution < -0.4 is 11.5 Å². The predicted molar refractivity (Wildman–Crippen MR) is 50.5 cm³/mol. The molecule has 2 atom stereocenters. The molecule has 2 bridgehead atoms. The molecule has 4 N–H and O–H groups in total. The van der Waals surface area contributed by atoms with Crippen LogP contribution in [0.15, 0.2) is 23.8 Å². The van der Waals surface area contributed by atoms with Crippen LogP contribution in [-0.2, 0) is 0 Å². The van der Waals surface area contributed by atoms with Gasteiger partial charge in [-0.25, -0.2) is 0 Å². The molecule has 0 aromatic carbocycles. The highest BCUT2D eigenvalue weighted by molar-refractivity contribution is 5.27. The number of rotatable bonds is 2. The third kappa shape index (κ3) is 1.11. The first kappa shape index (κ1) is 8.02. The van der Waals surface area contributed by atoms with Crippen molar-refractivity contribution in [1.82, 2.24) is 0 Å². The molecule has 0 amide bonds. The molecule has 0 aliphatic heterocycles. The molecule has 66 valence electrons. The Balaban J connectivity index is 2.23. The molecule has 0 radical (unpaired) electrons. The predicted octanol–water partition coefficient (Wildman–Crippen LogP) is 0.796. The van der Waals surface area contributed by atoms with E-state index in [9.17, 15) is 0 Å². The summed E-state index contributed by atoms with van der Waals surface area (Å²) in [6.45, 7) is 1.46. The molecule has 0 fully saturated rings. The van der Waals surface area contributed by atoms with Gasteiger partial charge in [-0.05, 0) is 18.8 Å². The van der Waals surface area contributed by atoms with Crippen molar-refractivity contribution >= 4 is 0 Å². The first-order valence-corrected chi connectivity index (χ1v) is 4.57. The Bertz CT molecular complexity index is 242. The van der Waals surface area contributed by atoms with E-state index in [0.29, 0.717) is 12.5 Å². The van der Waals surface area contributed by atoms with Crippen LogP contribution in [0.4, 0.5) is 0 Å². The Hall–Kier alpha value is -0.600. The van der Waals surface area contributed by atoms with Gasteiger partial charge in [-0.3, -0.25) is 0 Å². The second kappa shape index (κ2) is 2.71. The van der Waals surface area contributed by atoms with Crippen LogP contribution in [0.2, 0.25) is 0 Å². The number of fused-ring (bicyclic) bond motifs is 2. The lowest BCUT2D eigenvalue weighted by Gasteiger charge is -2.31. The maximum absolute atomic E-state index is 5.77. The van der Waals surface area contributed by atoms with Crippen molar-refractivity contribution < 1.29 is 0 Å². The van der Waals surface area contributed by atoms with Gasteiger partial charge in [0.15, 0.2) is 0 Å². The molecule has 2 aliphatic carbocycles. The van der Waals surface area contributed by atoms with Crippen molar-refractivity contribution in [2.24, 2.45) is 22.8 Å². The highest BCUT2D eigenvalue weighted by Crippen LogP contribution is 2.44. The van der Waals surface area contributed by atoms with Crippen LogP contribution in [0.25, 0.3) is 0 Å². The van der Waals surface area contributed by atoms with Crippen LogP contribution in [0.3, 0.4) is 0 Å². The lowest BCUT2D eigenvalue weighted by atomic mass is 9.75. The zero-order chi connectivity index (χ0) is 8.60. The minimum absolute atomic E-state index is 0.258. The molecule has 0 saturated carbocycles. The monoisotopic (exact) mass is 164 g/mol. The van der Waals surface area contributed by atoms with Gasteiger partial charge in [0.05, 0.1) is 0 Å². The van der Waals surface area contributed by atoms with Gasteiger partial charge < -0.3 is 11.5 Å². The molecule has 12 heavy (non-hydrogen) atoms. The second-order valence-corrected chi connectivity index (χ2v) is 4.00.